The molecule has 3 N–H and O–H groups in total. The Morgan fingerprint density at radius 2 is 2.00 bits per heavy atom. The molecule has 0 bridgehead atoms. The summed E-state index contributed by atoms with van der Waals surface area (Å²) in [4.78, 5) is 17.6. The summed E-state index contributed by atoms with van der Waals surface area (Å²) in [5.74, 6) is 7.40. The van der Waals surface area contributed by atoms with E-state index in [1.807, 2.05) is 35.8 Å². The number of ether oxygens (including phenoxy) is 1. The van der Waals surface area contributed by atoms with Crippen LogP contribution in [0.25, 0.3) is 5.00 Å². The van der Waals surface area contributed by atoms with Crippen molar-refractivity contribution in [3.05, 3.63) is 74.8 Å². The van der Waals surface area contributed by atoms with E-state index in [2.05, 4.69) is 41.0 Å². The third kappa shape index (κ3) is 4.98. The SMILES string of the molecule is C=C(CNC(C)=O)O/C(C[C@@H]1N=C(c2ccc(Cl)cc2)c2c(sc(C)c2C)-n2c(C)nnc21)=N\N. The van der Waals surface area contributed by atoms with Crippen molar-refractivity contribution in [3.8, 4) is 5.00 Å². The molecule has 0 unspecified atom stereocenters. The number of fused-ring (bicyclic) bond motifs is 3. The molecule has 3 heterocycles. The highest BCUT2D eigenvalue weighted by Crippen LogP contribution is 2.39. The molecule has 1 aromatic carbocycles. The molecule has 182 valence electrons. The maximum atomic E-state index is 11.2. The second-order valence-electron chi connectivity index (χ2n) is 8.18. The van der Waals surface area contributed by atoms with E-state index in [4.69, 9.17) is 27.2 Å². The van der Waals surface area contributed by atoms with E-state index in [-0.39, 0.29) is 24.8 Å². The number of amides is 1. The Morgan fingerprint density at radius 1 is 1.29 bits per heavy atom. The van der Waals surface area contributed by atoms with Crippen LogP contribution in [-0.2, 0) is 9.53 Å². The molecule has 2 aromatic heterocycles. The molecular formula is C24H26ClN7O2S. The van der Waals surface area contributed by atoms with Crippen molar-refractivity contribution in [1.29, 1.82) is 0 Å². The third-order valence-corrected chi connectivity index (χ3v) is 7.11. The number of nitrogens with one attached hydrogen (secondary N) is 1. The van der Waals surface area contributed by atoms with Crippen molar-refractivity contribution in [2.75, 3.05) is 6.54 Å². The van der Waals surface area contributed by atoms with Gasteiger partial charge in [0.25, 0.3) is 0 Å². The lowest BCUT2D eigenvalue weighted by atomic mass is 9.99. The van der Waals surface area contributed by atoms with Crippen LogP contribution in [0, 0.1) is 20.8 Å². The number of nitrogens with zero attached hydrogens (tertiary/aromatic N) is 5. The van der Waals surface area contributed by atoms with Crippen LogP contribution in [0.5, 0.6) is 0 Å². The van der Waals surface area contributed by atoms with Gasteiger partial charge in [0.1, 0.15) is 22.6 Å². The largest absolute Gasteiger partial charge is 0.444 e. The lowest BCUT2D eigenvalue weighted by Crippen LogP contribution is -2.24. The molecule has 0 saturated heterocycles. The van der Waals surface area contributed by atoms with Crippen LogP contribution >= 0.6 is 22.9 Å². The van der Waals surface area contributed by atoms with Gasteiger partial charge in [-0.15, -0.1) is 26.6 Å². The molecule has 1 atom stereocenters. The fraction of sp³-hybridized carbons (Fsp3) is 0.292. The van der Waals surface area contributed by atoms with Crippen LogP contribution in [0.2, 0.25) is 5.02 Å². The monoisotopic (exact) mass is 511 g/mol. The van der Waals surface area contributed by atoms with Crippen LogP contribution in [0.15, 0.2) is 46.7 Å². The van der Waals surface area contributed by atoms with Gasteiger partial charge >= 0.3 is 0 Å². The number of carbonyl (C=O) groups is 1. The lowest BCUT2D eigenvalue weighted by molar-refractivity contribution is -0.118. The first kappa shape index (κ1) is 24.6. The van der Waals surface area contributed by atoms with Gasteiger partial charge < -0.3 is 15.9 Å². The molecule has 0 aliphatic carbocycles. The van der Waals surface area contributed by atoms with Gasteiger partial charge in [0.2, 0.25) is 11.8 Å². The Hall–Kier alpha value is -3.50. The first-order valence-corrected chi connectivity index (χ1v) is 12.1. The average molecular weight is 512 g/mol. The number of carbonyl (C=O) groups excluding carboxylic acids is 1. The second kappa shape index (κ2) is 10.0. The minimum atomic E-state index is -0.489. The number of rotatable bonds is 6. The van der Waals surface area contributed by atoms with E-state index in [0.717, 1.165) is 33.2 Å². The van der Waals surface area contributed by atoms with Gasteiger partial charge in [0, 0.05) is 28.0 Å². The number of aliphatic imine (C=N–C) groups is 1. The zero-order chi connectivity index (χ0) is 25.3. The van der Waals surface area contributed by atoms with Crippen LogP contribution < -0.4 is 11.2 Å². The van der Waals surface area contributed by atoms with Crippen molar-refractivity contribution in [2.45, 2.75) is 40.2 Å². The van der Waals surface area contributed by atoms with E-state index in [0.29, 0.717) is 16.6 Å². The van der Waals surface area contributed by atoms with Gasteiger partial charge in [0.05, 0.1) is 18.7 Å². The zero-order valence-electron chi connectivity index (χ0n) is 19.9. The van der Waals surface area contributed by atoms with Crippen molar-refractivity contribution in [1.82, 2.24) is 20.1 Å². The van der Waals surface area contributed by atoms with Crippen molar-refractivity contribution in [2.24, 2.45) is 15.9 Å². The predicted octanol–water partition coefficient (Wildman–Crippen LogP) is 4.13. The molecule has 3 aromatic rings. The number of aromatic nitrogens is 3. The number of benzene rings is 1. The molecule has 1 aliphatic rings. The molecule has 11 heteroatoms. The average Bonchev–Trinajstić information content (AvgIpc) is 3.29. The van der Waals surface area contributed by atoms with E-state index in [9.17, 15) is 4.79 Å². The Balaban J connectivity index is 1.80. The lowest BCUT2D eigenvalue weighted by Gasteiger charge is -2.15. The summed E-state index contributed by atoms with van der Waals surface area (Å²) in [6.07, 6.45) is 0.220. The van der Waals surface area contributed by atoms with Gasteiger partial charge in [0.15, 0.2) is 5.82 Å². The molecule has 35 heavy (non-hydrogen) atoms. The summed E-state index contributed by atoms with van der Waals surface area (Å²) in [6.45, 7) is 11.5. The molecule has 0 fully saturated rings. The molecular weight excluding hydrogens is 486 g/mol. The maximum absolute atomic E-state index is 11.2. The summed E-state index contributed by atoms with van der Waals surface area (Å²) < 4.78 is 7.79. The molecule has 0 radical (unpaired) electrons. The van der Waals surface area contributed by atoms with Gasteiger partial charge in [-0.05, 0) is 38.5 Å². The van der Waals surface area contributed by atoms with Crippen LogP contribution in [0.1, 0.15) is 52.6 Å². The van der Waals surface area contributed by atoms with E-state index < -0.39 is 6.04 Å². The number of aryl methyl sites for hydroxylation is 2. The number of nitrogens with two attached hydrogens (primary N) is 1. The Kier molecular flexibility index (Phi) is 7.04. The number of thiophene rings is 1. The summed E-state index contributed by atoms with van der Waals surface area (Å²) in [5.41, 5.74) is 3.93. The Morgan fingerprint density at radius 3 is 2.66 bits per heavy atom. The summed E-state index contributed by atoms with van der Waals surface area (Å²) in [5, 5.41) is 16.9. The maximum Gasteiger partial charge on any atom is 0.217 e. The molecule has 1 amide bonds. The minimum Gasteiger partial charge on any atom is -0.444 e. The van der Waals surface area contributed by atoms with Gasteiger partial charge in [-0.25, -0.2) is 0 Å². The zero-order valence-corrected chi connectivity index (χ0v) is 21.5. The minimum absolute atomic E-state index is 0.142. The van der Waals surface area contributed by atoms with Crippen molar-refractivity contribution < 1.29 is 9.53 Å². The van der Waals surface area contributed by atoms with Crippen molar-refractivity contribution in [3.63, 3.8) is 0 Å². The van der Waals surface area contributed by atoms with Crippen LogP contribution in [0.3, 0.4) is 0 Å². The smallest absolute Gasteiger partial charge is 0.217 e. The van der Waals surface area contributed by atoms with Gasteiger partial charge in [-0.2, -0.15) is 0 Å². The fourth-order valence-corrected chi connectivity index (χ4v) is 5.18. The van der Waals surface area contributed by atoms with Crippen LogP contribution in [0.4, 0.5) is 0 Å². The van der Waals surface area contributed by atoms with Crippen LogP contribution in [-0.4, -0.2) is 38.8 Å². The third-order valence-electron chi connectivity index (χ3n) is 5.67. The first-order valence-electron chi connectivity index (χ1n) is 10.9. The van der Waals surface area contributed by atoms with Crippen molar-refractivity contribution >= 4 is 40.5 Å². The molecule has 9 nitrogen and oxygen atoms in total. The summed E-state index contributed by atoms with van der Waals surface area (Å²) >= 11 is 7.84. The van der Waals surface area contributed by atoms with E-state index in [1.54, 1.807) is 11.3 Å². The Bertz CT molecular complexity index is 1350. The standard InChI is InChI=1S/C24H26ClN7O2S/c1-12(11-27-16(5)33)34-20(29-26)10-19-23-31-30-15(4)32(23)24-21(13(2)14(3)35-24)22(28-19)17-6-8-18(25)9-7-17/h6-9,19H,1,10-11,26H2,2-5H3,(H,27,33)/b29-20-/t19-/m0/s1. The summed E-state index contributed by atoms with van der Waals surface area (Å²) in [6, 6.07) is 7.12. The van der Waals surface area contributed by atoms with Gasteiger partial charge in [-0.3, -0.25) is 14.4 Å². The fourth-order valence-electron chi connectivity index (χ4n) is 3.84. The highest BCUT2D eigenvalue weighted by molar-refractivity contribution is 7.15. The van der Waals surface area contributed by atoms with E-state index >= 15 is 0 Å². The number of hydrogen-bond donors (Lipinski definition) is 2. The second-order valence-corrected chi connectivity index (χ2v) is 9.82. The highest BCUT2D eigenvalue weighted by atomic mass is 35.5. The topological polar surface area (TPSA) is 120 Å². The van der Waals surface area contributed by atoms with Gasteiger partial charge in [-0.1, -0.05) is 30.3 Å². The molecule has 1 aliphatic heterocycles. The molecule has 0 saturated carbocycles. The predicted molar refractivity (Wildman–Crippen MR) is 138 cm³/mol. The number of halogens is 1. The highest BCUT2D eigenvalue weighted by Gasteiger charge is 2.32. The molecule has 4 rings (SSSR count). The van der Waals surface area contributed by atoms with E-state index in [1.165, 1.54) is 11.8 Å². The number of hydrazone groups is 1. The number of hydrogen-bond acceptors (Lipinski definition) is 8. The quantitative estimate of drug-likeness (QED) is 0.169. The summed E-state index contributed by atoms with van der Waals surface area (Å²) in [7, 11) is 0. The molecule has 0 spiro atoms. The first-order chi connectivity index (χ1) is 16.7. The normalized spacial score (nSPS) is 15.1. The Labute approximate surface area is 212 Å².